The van der Waals surface area contributed by atoms with Crippen LogP contribution in [-0.2, 0) is 18.3 Å². The predicted molar refractivity (Wildman–Crippen MR) is 116 cm³/mol. The van der Waals surface area contributed by atoms with Gasteiger partial charge in [-0.15, -0.1) is 5.10 Å². The van der Waals surface area contributed by atoms with E-state index in [1.807, 2.05) is 45.2 Å². The highest BCUT2D eigenvalue weighted by atomic mass is 16.5. The molecule has 0 saturated carbocycles. The van der Waals surface area contributed by atoms with Crippen molar-refractivity contribution in [2.45, 2.75) is 33.6 Å². The van der Waals surface area contributed by atoms with E-state index in [2.05, 4.69) is 25.5 Å². The third-order valence-corrected chi connectivity index (χ3v) is 5.29. The minimum atomic E-state index is -0.107. The van der Waals surface area contributed by atoms with Crippen molar-refractivity contribution in [2.75, 3.05) is 12.4 Å². The number of aromatic nitrogens is 5. The van der Waals surface area contributed by atoms with Gasteiger partial charge in [0.05, 0.1) is 18.2 Å². The highest BCUT2D eigenvalue weighted by Gasteiger charge is 2.19. The summed E-state index contributed by atoms with van der Waals surface area (Å²) in [6.07, 6.45) is 0.852. The van der Waals surface area contributed by atoms with E-state index in [1.165, 1.54) is 0 Å². The van der Waals surface area contributed by atoms with E-state index in [1.54, 1.807) is 18.7 Å². The molecule has 0 aliphatic rings. The molecule has 4 aromatic rings. The number of benzene rings is 1. The summed E-state index contributed by atoms with van der Waals surface area (Å²) in [5.41, 5.74) is 5.06. The molecule has 1 aromatic carbocycles. The Morgan fingerprint density at radius 3 is 2.68 bits per heavy atom. The third-order valence-electron chi connectivity index (χ3n) is 5.29. The summed E-state index contributed by atoms with van der Waals surface area (Å²) < 4.78 is 12.2. The summed E-state index contributed by atoms with van der Waals surface area (Å²) in [4.78, 5) is 21.7. The van der Waals surface area contributed by atoms with Gasteiger partial charge in [0.15, 0.2) is 5.65 Å². The van der Waals surface area contributed by atoms with E-state index in [4.69, 9.17) is 9.26 Å². The van der Waals surface area contributed by atoms with Crippen LogP contribution in [0.25, 0.3) is 22.4 Å². The van der Waals surface area contributed by atoms with Gasteiger partial charge in [0.2, 0.25) is 23.5 Å². The highest BCUT2D eigenvalue weighted by molar-refractivity contribution is 5.95. The summed E-state index contributed by atoms with van der Waals surface area (Å²) in [6.45, 7) is 5.69. The van der Waals surface area contributed by atoms with E-state index >= 15 is 0 Å². The molecule has 1 amide bonds. The van der Waals surface area contributed by atoms with Crippen LogP contribution in [0.15, 0.2) is 28.8 Å². The van der Waals surface area contributed by atoms with Crippen molar-refractivity contribution in [3.63, 3.8) is 0 Å². The molecule has 31 heavy (non-hydrogen) atoms. The lowest BCUT2D eigenvalue weighted by atomic mass is 10.00. The summed E-state index contributed by atoms with van der Waals surface area (Å²) >= 11 is 0. The van der Waals surface area contributed by atoms with Crippen molar-refractivity contribution < 1.29 is 14.1 Å². The van der Waals surface area contributed by atoms with Gasteiger partial charge >= 0.3 is 0 Å². The number of methoxy groups -OCH3 is 1. The second-order valence-corrected chi connectivity index (χ2v) is 7.36. The second kappa shape index (κ2) is 8.17. The quantitative estimate of drug-likeness (QED) is 0.508. The van der Waals surface area contributed by atoms with Crippen LogP contribution >= 0.6 is 0 Å². The Morgan fingerprint density at radius 1 is 1.19 bits per heavy atom. The van der Waals surface area contributed by atoms with Crippen LogP contribution in [0, 0.1) is 20.8 Å². The number of hydrogen-bond acceptors (Lipinski definition) is 7. The molecular formula is C22H24N6O3. The Balaban J connectivity index is 1.55. The summed E-state index contributed by atoms with van der Waals surface area (Å²) in [7, 11) is 3.43. The van der Waals surface area contributed by atoms with Crippen molar-refractivity contribution in [3.8, 4) is 17.3 Å². The lowest BCUT2D eigenvalue weighted by molar-refractivity contribution is -0.116. The Bertz CT molecular complexity index is 1270. The smallest absolute Gasteiger partial charge is 0.242 e. The number of aryl methyl sites for hydroxylation is 4. The van der Waals surface area contributed by atoms with Crippen LogP contribution in [0.3, 0.4) is 0 Å². The first-order chi connectivity index (χ1) is 14.9. The van der Waals surface area contributed by atoms with Crippen LogP contribution in [0.4, 0.5) is 5.69 Å². The molecule has 3 heterocycles. The second-order valence-electron chi connectivity index (χ2n) is 7.36. The number of carbonyl (C=O) groups is 1. The number of amides is 1. The van der Waals surface area contributed by atoms with Gasteiger partial charge in [-0.2, -0.15) is 4.98 Å². The van der Waals surface area contributed by atoms with Crippen LogP contribution in [0.1, 0.15) is 29.1 Å². The number of hydrogen-bond donors (Lipinski definition) is 1. The largest absolute Gasteiger partial charge is 0.479 e. The SMILES string of the molecule is COc1nn(C)c2nc(C)c(CCC(=O)Nc3ccccc3-c3noc(C)n3)c(C)c12. The molecule has 0 saturated heterocycles. The Hall–Kier alpha value is -3.75. The van der Waals surface area contributed by atoms with Crippen LogP contribution in [-0.4, -0.2) is 37.9 Å². The van der Waals surface area contributed by atoms with Gasteiger partial charge < -0.3 is 14.6 Å². The average Bonchev–Trinajstić information content (AvgIpc) is 3.31. The number of pyridine rings is 1. The van der Waals surface area contributed by atoms with E-state index in [-0.39, 0.29) is 5.91 Å². The normalized spacial score (nSPS) is 11.1. The number of carbonyl (C=O) groups excluding carboxylic acids is 1. The van der Waals surface area contributed by atoms with Gasteiger partial charge in [-0.05, 0) is 43.5 Å². The maximum Gasteiger partial charge on any atom is 0.242 e. The van der Waals surface area contributed by atoms with Gasteiger partial charge in [0.1, 0.15) is 0 Å². The molecule has 9 heteroatoms. The minimum absolute atomic E-state index is 0.107. The van der Waals surface area contributed by atoms with Gasteiger partial charge in [-0.1, -0.05) is 17.3 Å². The lowest BCUT2D eigenvalue weighted by Gasteiger charge is -2.12. The monoisotopic (exact) mass is 420 g/mol. The molecule has 9 nitrogen and oxygen atoms in total. The molecule has 4 rings (SSSR count). The number of anilines is 1. The zero-order valence-electron chi connectivity index (χ0n) is 18.2. The number of fused-ring (bicyclic) bond motifs is 1. The maximum atomic E-state index is 12.8. The molecule has 0 aliphatic carbocycles. The lowest BCUT2D eigenvalue weighted by Crippen LogP contribution is -2.14. The first-order valence-corrected chi connectivity index (χ1v) is 9.95. The Morgan fingerprint density at radius 2 is 1.97 bits per heavy atom. The van der Waals surface area contributed by atoms with E-state index < -0.39 is 0 Å². The number of nitrogens with zero attached hydrogens (tertiary/aromatic N) is 5. The fourth-order valence-corrected chi connectivity index (χ4v) is 3.75. The molecule has 160 valence electrons. The molecule has 0 unspecified atom stereocenters. The van der Waals surface area contributed by atoms with Gasteiger partial charge in [0, 0.05) is 31.6 Å². The van der Waals surface area contributed by atoms with Crippen molar-refractivity contribution in [2.24, 2.45) is 7.05 Å². The number of rotatable bonds is 6. The number of para-hydroxylation sites is 1. The molecule has 0 radical (unpaired) electrons. The standard InChI is InChI=1S/C22H24N6O3/c1-12-15(13(2)23-21-19(12)22(30-5)26-28(21)4)10-11-18(29)25-17-9-7-6-8-16(17)20-24-14(3)31-27-20/h6-9H,10-11H2,1-5H3,(H,25,29). The molecule has 0 fully saturated rings. The summed E-state index contributed by atoms with van der Waals surface area (Å²) in [5, 5.41) is 12.2. The molecule has 0 bridgehead atoms. The molecule has 0 aliphatic heterocycles. The molecule has 1 N–H and O–H groups in total. The van der Waals surface area contributed by atoms with Gasteiger partial charge in [-0.3, -0.25) is 4.79 Å². The summed E-state index contributed by atoms with van der Waals surface area (Å²) in [6, 6.07) is 7.39. The molecule has 0 spiro atoms. The molecule has 0 atom stereocenters. The van der Waals surface area contributed by atoms with Crippen LogP contribution < -0.4 is 10.1 Å². The van der Waals surface area contributed by atoms with Gasteiger partial charge in [0.25, 0.3) is 0 Å². The van der Waals surface area contributed by atoms with Crippen LogP contribution in [0.2, 0.25) is 0 Å². The molecule has 3 aromatic heterocycles. The van der Waals surface area contributed by atoms with E-state index in [0.717, 1.165) is 27.9 Å². The van der Waals surface area contributed by atoms with Crippen molar-refractivity contribution in [3.05, 3.63) is 47.0 Å². The topological polar surface area (TPSA) is 108 Å². The van der Waals surface area contributed by atoms with Crippen LogP contribution in [0.5, 0.6) is 5.88 Å². The zero-order valence-corrected chi connectivity index (χ0v) is 18.2. The van der Waals surface area contributed by atoms with Gasteiger partial charge in [-0.25, -0.2) is 9.67 Å². The Kier molecular flexibility index (Phi) is 5.41. The fourth-order valence-electron chi connectivity index (χ4n) is 3.75. The maximum absolute atomic E-state index is 12.8. The first kappa shape index (κ1) is 20.5. The predicted octanol–water partition coefficient (Wildman–Crippen LogP) is 3.52. The Labute approximate surface area is 179 Å². The fraction of sp³-hybridized carbons (Fsp3) is 0.318. The van der Waals surface area contributed by atoms with E-state index in [0.29, 0.717) is 41.7 Å². The third kappa shape index (κ3) is 3.86. The van der Waals surface area contributed by atoms with E-state index in [9.17, 15) is 4.79 Å². The highest BCUT2D eigenvalue weighted by Crippen LogP contribution is 2.31. The number of ether oxygens (including phenoxy) is 1. The zero-order chi connectivity index (χ0) is 22.1. The van der Waals surface area contributed by atoms with Crippen molar-refractivity contribution in [1.29, 1.82) is 0 Å². The number of nitrogens with one attached hydrogen (secondary N) is 1. The first-order valence-electron chi connectivity index (χ1n) is 9.95. The molecular weight excluding hydrogens is 396 g/mol. The summed E-state index contributed by atoms with van der Waals surface area (Å²) in [5.74, 6) is 1.34. The minimum Gasteiger partial charge on any atom is -0.479 e. The average molecular weight is 420 g/mol. The van der Waals surface area contributed by atoms with Crippen molar-refractivity contribution in [1.82, 2.24) is 24.9 Å². The van der Waals surface area contributed by atoms with Crippen molar-refractivity contribution >= 4 is 22.6 Å².